The van der Waals surface area contributed by atoms with Gasteiger partial charge in [0, 0.05) is 5.39 Å². The first kappa shape index (κ1) is 6.80. The van der Waals surface area contributed by atoms with Crippen molar-refractivity contribution in [2.24, 2.45) is 0 Å². The van der Waals surface area contributed by atoms with Crippen molar-refractivity contribution in [2.45, 2.75) is 0 Å². The molecule has 0 aliphatic carbocycles. The van der Waals surface area contributed by atoms with E-state index >= 15 is 0 Å². The Bertz CT molecular complexity index is 384. The zero-order valence-corrected chi connectivity index (χ0v) is 7.30. The maximum Gasteiger partial charge on any atom is 0.106 e. The monoisotopic (exact) mass is 206 g/mol. The lowest BCUT2D eigenvalue weighted by atomic mass is 10.2. The Labute approximate surface area is 73.2 Å². The number of rotatable bonds is 0. The van der Waals surface area contributed by atoms with Crippen molar-refractivity contribution in [3.63, 3.8) is 0 Å². The molecule has 1 aromatic carbocycles. The van der Waals surface area contributed by atoms with Crippen molar-refractivity contribution in [1.29, 1.82) is 0 Å². The van der Waals surface area contributed by atoms with Gasteiger partial charge in [-0.05, 0) is 34.1 Å². The molecule has 1 nitrogen and oxygen atoms in total. The number of pyridine rings is 1. The van der Waals surface area contributed by atoms with Gasteiger partial charge in [0.1, 0.15) is 4.60 Å². The summed E-state index contributed by atoms with van der Waals surface area (Å²) in [4.78, 5) is 4.26. The van der Waals surface area contributed by atoms with Crippen LogP contribution in [-0.4, -0.2) is 4.98 Å². The zero-order valence-electron chi connectivity index (χ0n) is 5.71. The second kappa shape index (κ2) is 2.62. The molecule has 2 rings (SSSR count). The Morgan fingerprint density at radius 1 is 1.27 bits per heavy atom. The van der Waals surface area contributed by atoms with Crippen molar-refractivity contribution in [1.82, 2.24) is 4.98 Å². The topological polar surface area (TPSA) is 12.9 Å². The Morgan fingerprint density at radius 2 is 2.18 bits per heavy atom. The summed E-state index contributed by atoms with van der Waals surface area (Å²) in [5, 5.41) is 1.15. The summed E-state index contributed by atoms with van der Waals surface area (Å²) < 4.78 is 0.865. The molecule has 1 aromatic heterocycles. The number of hydrogen-bond acceptors (Lipinski definition) is 1. The van der Waals surface area contributed by atoms with Crippen LogP contribution in [0.5, 0.6) is 0 Å². The predicted molar refractivity (Wildman–Crippen MR) is 48.3 cm³/mol. The van der Waals surface area contributed by atoms with Gasteiger partial charge in [0.25, 0.3) is 0 Å². The minimum Gasteiger partial charge on any atom is -0.241 e. The van der Waals surface area contributed by atoms with E-state index in [4.69, 9.17) is 0 Å². The van der Waals surface area contributed by atoms with Crippen molar-refractivity contribution in [3.8, 4) is 0 Å². The fourth-order valence-electron chi connectivity index (χ4n) is 0.982. The molecular weight excluding hydrogens is 202 g/mol. The lowest BCUT2D eigenvalue weighted by Crippen LogP contribution is -1.77. The molecule has 0 unspecified atom stereocenters. The Kier molecular flexibility index (Phi) is 1.62. The highest BCUT2D eigenvalue weighted by atomic mass is 79.9. The molecule has 0 saturated carbocycles. The Balaban J connectivity index is 2.83. The molecule has 1 radical (unpaired) electrons. The molecule has 0 saturated heterocycles. The van der Waals surface area contributed by atoms with Crippen LogP contribution < -0.4 is 0 Å². The Morgan fingerprint density at radius 3 is 3.09 bits per heavy atom. The van der Waals surface area contributed by atoms with Crippen molar-refractivity contribution in [2.75, 3.05) is 0 Å². The number of fused-ring (bicyclic) bond motifs is 1. The lowest BCUT2D eigenvalue weighted by molar-refractivity contribution is 1.35. The number of nitrogens with zero attached hydrogens (tertiary/aromatic N) is 1. The molecule has 0 aliphatic heterocycles. The summed E-state index contributed by atoms with van der Waals surface area (Å²) in [5.41, 5.74) is 0.974. The van der Waals surface area contributed by atoms with Crippen molar-refractivity contribution >= 4 is 26.8 Å². The average Bonchev–Trinajstić information content (AvgIpc) is 2.04. The van der Waals surface area contributed by atoms with Crippen molar-refractivity contribution in [3.05, 3.63) is 41.0 Å². The predicted octanol–water partition coefficient (Wildman–Crippen LogP) is 2.80. The van der Waals surface area contributed by atoms with E-state index < -0.39 is 0 Å². The summed E-state index contributed by atoms with van der Waals surface area (Å²) in [5.74, 6) is 0. The SMILES string of the molecule is Brc1ccc2cc[c]cc2n1. The maximum absolute atomic E-state index is 4.26. The van der Waals surface area contributed by atoms with Crippen LogP contribution in [0.4, 0.5) is 0 Å². The van der Waals surface area contributed by atoms with E-state index in [0.717, 1.165) is 15.5 Å². The van der Waals surface area contributed by atoms with Crippen LogP contribution in [0.1, 0.15) is 0 Å². The summed E-state index contributed by atoms with van der Waals surface area (Å²) in [6.07, 6.45) is 0. The number of hydrogen-bond donors (Lipinski definition) is 0. The molecule has 1 heterocycles. The van der Waals surface area contributed by atoms with Crippen LogP contribution in [0.25, 0.3) is 10.9 Å². The average molecular weight is 207 g/mol. The molecule has 0 N–H and O–H groups in total. The van der Waals surface area contributed by atoms with Gasteiger partial charge in [-0.3, -0.25) is 0 Å². The van der Waals surface area contributed by atoms with E-state index in [1.165, 1.54) is 0 Å². The van der Waals surface area contributed by atoms with E-state index in [2.05, 4.69) is 27.0 Å². The molecule has 0 fully saturated rings. The van der Waals surface area contributed by atoms with E-state index in [9.17, 15) is 0 Å². The van der Waals surface area contributed by atoms with Gasteiger partial charge in [-0.1, -0.05) is 18.2 Å². The van der Waals surface area contributed by atoms with Gasteiger partial charge < -0.3 is 0 Å². The first-order valence-corrected chi connectivity index (χ1v) is 4.08. The van der Waals surface area contributed by atoms with Gasteiger partial charge in [-0.15, -0.1) is 0 Å². The van der Waals surface area contributed by atoms with Gasteiger partial charge in [-0.2, -0.15) is 0 Å². The largest absolute Gasteiger partial charge is 0.241 e. The summed E-state index contributed by atoms with van der Waals surface area (Å²) in [6.45, 7) is 0. The van der Waals surface area contributed by atoms with Crippen LogP contribution in [0.3, 0.4) is 0 Å². The third-order valence-corrected chi connectivity index (χ3v) is 1.94. The minimum atomic E-state index is 0.865. The molecule has 0 atom stereocenters. The molecular formula is C9H5BrN. The van der Waals surface area contributed by atoms with Crippen LogP contribution in [-0.2, 0) is 0 Å². The highest BCUT2D eigenvalue weighted by molar-refractivity contribution is 9.10. The van der Waals surface area contributed by atoms with Crippen LogP contribution >= 0.6 is 15.9 Å². The van der Waals surface area contributed by atoms with Gasteiger partial charge in [0.15, 0.2) is 0 Å². The summed E-state index contributed by atoms with van der Waals surface area (Å²) in [7, 11) is 0. The van der Waals surface area contributed by atoms with E-state index in [1.54, 1.807) is 0 Å². The zero-order chi connectivity index (χ0) is 7.68. The first-order valence-electron chi connectivity index (χ1n) is 3.28. The van der Waals surface area contributed by atoms with Gasteiger partial charge in [0.2, 0.25) is 0 Å². The summed E-state index contributed by atoms with van der Waals surface area (Å²) >= 11 is 3.31. The number of halogens is 1. The quantitative estimate of drug-likeness (QED) is 0.605. The molecule has 2 aromatic rings. The first-order chi connectivity index (χ1) is 5.36. The molecule has 0 spiro atoms. The molecule has 53 valence electrons. The smallest absolute Gasteiger partial charge is 0.106 e. The van der Waals surface area contributed by atoms with Crippen LogP contribution in [0.15, 0.2) is 34.9 Å². The minimum absolute atomic E-state index is 0.865. The Hall–Kier alpha value is -0.890. The van der Waals surface area contributed by atoms with E-state index in [0.29, 0.717) is 0 Å². The molecule has 2 heteroatoms. The second-order valence-electron chi connectivity index (χ2n) is 2.25. The van der Waals surface area contributed by atoms with Gasteiger partial charge in [-0.25, -0.2) is 4.98 Å². The maximum atomic E-state index is 4.26. The highest BCUT2D eigenvalue weighted by Crippen LogP contribution is 2.14. The normalized spacial score (nSPS) is 10.3. The fourth-order valence-corrected chi connectivity index (χ4v) is 1.31. The van der Waals surface area contributed by atoms with Gasteiger partial charge >= 0.3 is 0 Å². The number of benzene rings is 1. The van der Waals surface area contributed by atoms with Gasteiger partial charge in [0.05, 0.1) is 5.52 Å². The van der Waals surface area contributed by atoms with Crippen LogP contribution in [0.2, 0.25) is 0 Å². The van der Waals surface area contributed by atoms with Crippen LogP contribution in [0, 0.1) is 6.07 Å². The second-order valence-corrected chi connectivity index (χ2v) is 3.07. The molecule has 0 bridgehead atoms. The summed E-state index contributed by atoms with van der Waals surface area (Å²) in [6, 6.07) is 12.7. The standard InChI is InChI=1S/C9H5BrN/c10-9-6-5-7-3-1-2-4-8(7)11-9/h1,3-6H. The fraction of sp³-hybridized carbons (Fsp3) is 0. The third-order valence-electron chi connectivity index (χ3n) is 1.50. The van der Waals surface area contributed by atoms with E-state index in [1.807, 2.05) is 30.3 Å². The highest BCUT2D eigenvalue weighted by Gasteiger charge is 1.92. The molecule has 11 heavy (non-hydrogen) atoms. The third kappa shape index (κ3) is 1.26. The van der Waals surface area contributed by atoms with E-state index in [-0.39, 0.29) is 0 Å². The van der Waals surface area contributed by atoms with Crippen molar-refractivity contribution < 1.29 is 0 Å². The molecule has 0 amide bonds. The number of aromatic nitrogens is 1. The molecule has 0 aliphatic rings. The lowest BCUT2D eigenvalue weighted by Gasteiger charge is -1.94.